The predicted molar refractivity (Wildman–Crippen MR) is 93.7 cm³/mol. The molecule has 0 atom stereocenters. The molecule has 1 amide bonds. The van der Waals surface area contributed by atoms with Gasteiger partial charge in [0.15, 0.2) is 0 Å². The van der Waals surface area contributed by atoms with Gasteiger partial charge in [-0.15, -0.1) is 10.2 Å². The summed E-state index contributed by atoms with van der Waals surface area (Å²) in [5, 5.41) is 7.69. The third-order valence-corrected chi connectivity index (χ3v) is 4.55. The van der Waals surface area contributed by atoms with Crippen LogP contribution in [0.3, 0.4) is 0 Å². The van der Waals surface area contributed by atoms with E-state index in [1.165, 1.54) is 22.3 Å². The molecule has 1 aliphatic heterocycles. The van der Waals surface area contributed by atoms with Crippen LogP contribution >= 0.6 is 0 Å². The summed E-state index contributed by atoms with van der Waals surface area (Å²) in [6.45, 7) is 3.08. The van der Waals surface area contributed by atoms with Gasteiger partial charge in [0, 0.05) is 20.0 Å². The Bertz CT molecular complexity index is 902. The molecule has 3 aromatic rings. The van der Waals surface area contributed by atoms with Crippen molar-refractivity contribution in [3.05, 3.63) is 71.4 Å². The van der Waals surface area contributed by atoms with E-state index in [1.54, 1.807) is 6.92 Å². The van der Waals surface area contributed by atoms with Crippen molar-refractivity contribution in [1.29, 1.82) is 0 Å². The maximum absolute atomic E-state index is 12.5. The second-order valence-corrected chi connectivity index (χ2v) is 6.31. The van der Waals surface area contributed by atoms with Crippen LogP contribution in [0.15, 0.2) is 52.9 Å². The number of fused-ring (bicyclic) bond motifs is 1. The van der Waals surface area contributed by atoms with Gasteiger partial charge in [-0.2, -0.15) is 0 Å². The normalized spacial score (nSPS) is 13.6. The van der Waals surface area contributed by atoms with Gasteiger partial charge in [0.25, 0.3) is 0 Å². The summed E-state index contributed by atoms with van der Waals surface area (Å²) >= 11 is 0. The third kappa shape index (κ3) is 3.31. The predicted octanol–water partition coefficient (Wildman–Crippen LogP) is 3.17. The second-order valence-electron chi connectivity index (χ2n) is 6.31. The molecule has 0 spiro atoms. The lowest BCUT2D eigenvalue weighted by Gasteiger charge is -2.29. The summed E-state index contributed by atoms with van der Waals surface area (Å²) < 4.78 is 5.32. The Morgan fingerprint density at radius 2 is 1.92 bits per heavy atom. The molecule has 1 aromatic heterocycles. The lowest BCUT2D eigenvalue weighted by Crippen LogP contribution is -2.37. The SMILES string of the molecule is Cc1nnc(CC(=O)N2CCc3ccc(-c4ccccc4)cc3C2)o1. The van der Waals surface area contributed by atoms with Gasteiger partial charge >= 0.3 is 0 Å². The summed E-state index contributed by atoms with van der Waals surface area (Å²) in [5.41, 5.74) is 4.90. The lowest BCUT2D eigenvalue weighted by atomic mass is 9.94. The zero-order valence-electron chi connectivity index (χ0n) is 14.1. The van der Waals surface area contributed by atoms with Crippen LogP contribution in [0.5, 0.6) is 0 Å². The van der Waals surface area contributed by atoms with Crippen molar-refractivity contribution < 1.29 is 9.21 Å². The molecule has 126 valence electrons. The number of nitrogens with zero attached hydrogens (tertiary/aromatic N) is 3. The van der Waals surface area contributed by atoms with E-state index in [0.717, 1.165) is 13.0 Å². The molecular formula is C20H19N3O2. The molecule has 2 heterocycles. The fourth-order valence-electron chi connectivity index (χ4n) is 3.23. The average Bonchev–Trinajstić information content (AvgIpc) is 3.06. The number of amides is 1. The summed E-state index contributed by atoms with van der Waals surface area (Å²) in [6, 6.07) is 16.8. The number of hydrogen-bond donors (Lipinski definition) is 0. The Morgan fingerprint density at radius 1 is 1.08 bits per heavy atom. The zero-order chi connectivity index (χ0) is 17.2. The van der Waals surface area contributed by atoms with Crippen molar-refractivity contribution in [2.45, 2.75) is 26.3 Å². The Hall–Kier alpha value is -2.95. The van der Waals surface area contributed by atoms with Gasteiger partial charge in [0.1, 0.15) is 6.42 Å². The van der Waals surface area contributed by atoms with Crippen LogP contribution in [0.2, 0.25) is 0 Å². The van der Waals surface area contributed by atoms with Crippen molar-refractivity contribution in [3.8, 4) is 11.1 Å². The van der Waals surface area contributed by atoms with Crippen LogP contribution < -0.4 is 0 Å². The molecule has 4 rings (SSSR count). The monoisotopic (exact) mass is 333 g/mol. The number of aryl methyl sites for hydroxylation is 1. The summed E-state index contributed by atoms with van der Waals surface area (Å²) in [7, 11) is 0. The Morgan fingerprint density at radius 3 is 2.68 bits per heavy atom. The van der Waals surface area contributed by atoms with Crippen molar-refractivity contribution in [2.24, 2.45) is 0 Å². The molecule has 0 N–H and O–H groups in total. The van der Waals surface area contributed by atoms with E-state index in [9.17, 15) is 4.79 Å². The highest BCUT2D eigenvalue weighted by atomic mass is 16.4. The molecule has 25 heavy (non-hydrogen) atoms. The molecule has 0 aliphatic carbocycles. The highest BCUT2D eigenvalue weighted by molar-refractivity contribution is 5.78. The van der Waals surface area contributed by atoms with Crippen LogP contribution in [0, 0.1) is 6.92 Å². The van der Waals surface area contributed by atoms with E-state index in [1.807, 2.05) is 23.1 Å². The highest BCUT2D eigenvalue weighted by Crippen LogP contribution is 2.26. The first-order chi connectivity index (χ1) is 12.2. The molecule has 5 heteroatoms. The van der Waals surface area contributed by atoms with Crippen LogP contribution in [0.1, 0.15) is 22.9 Å². The van der Waals surface area contributed by atoms with E-state index in [2.05, 4.69) is 40.5 Å². The molecule has 0 unspecified atom stereocenters. The van der Waals surface area contributed by atoms with Gasteiger partial charge in [-0.25, -0.2) is 0 Å². The fourth-order valence-corrected chi connectivity index (χ4v) is 3.23. The van der Waals surface area contributed by atoms with E-state index in [-0.39, 0.29) is 12.3 Å². The Balaban J connectivity index is 1.52. The quantitative estimate of drug-likeness (QED) is 0.739. The first kappa shape index (κ1) is 15.6. The topological polar surface area (TPSA) is 59.2 Å². The number of rotatable bonds is 3. The first-order valence-corrected chi connectivity index (χ1v) is 8.43. The molecule has 1 aliphatic rings. The van der Waals surface area contributed by atoms with Crippen LogP contribution in [0.4, 0.5) is 0 Å². The van der Waals surface area contributed by atoms with Crippen LogP contribution in [-0.4, -0.2) is 27.5 Å². The van der Waals surface area contributed by atoms with Gasteiger partial charge in [-0.1, -0.05) is 42.5 Å². The number of hydrogen-bond acceptors (Lipinski definition) is 4. The maximum atomic E-state index is 12.5. The zero-order valence-corrected chi connectivity index (χ0v) is 14.1. The molecular weight excluding hydrogens is 314 g/mol. The van der Waals surface area contributed by atoms with Crippen molar-refractivity contribution >= 4 is 5.91 Å². The average molecular weight is 333 g/mol. The molecule has 0 saturated heterocycles. The van der Waals surface area contributed by atoms with Crippen LogP contribution in [0.25, 0.3) is 11.1 Å². The van der Waals surface area contributed by atoms with Crippen molar-refractivity contribution in [1.82, 2.24) is 15.1 Å². The summed E-state index contributed by atoms with van der Waals surface area (Å²) in [4.78, 5) is 14.4. The molecule has 0 radical (unpaired) electrons. The standard InChI is InChI=1S/C20H19N3O2/c1-14-21-22-19(25-14)12-20(24)23-10-9-16-7-8-17(11-18(16)13-23)15-5-3-2-4-6-15/h2-8,11H,9-10,12-13H2,1H3. The lowest BCUT2D eigenvalue weighted by molar-refractivity contribution is -0.131. The van der Waals surface area contributed by atoms with E-state index >= 15 is 0 Å². The second kappa shape index (κ2) is 6.51. The third-order valence-electron chi connectivity index (χ3n) is 4.55. The maximum Gasteiger partial charge on any atom is 0.232 e. The van der Waals surface area contributed by atoms with Crippen LogP contribution in [-0.2, 0) is 24.2 Å². The minimum Gasteiger partial charge on any atom is -0.425 e. The highest BCUT2D eigenvalue weighted by Gasteiger charge is 2.22. The van der Waals surface area contributed by atoms with Gasteiger partial charge in [-0.05, 0) is 34.7 Å². The van der Waals surface area contributed by atoms with Crippen molar-refractivity contribution in [2.75, 3.05) is 6.54 Å². The largest absolute Gasteiger partial charge is 0.425 e. The van der Waals surface area contributed by atoms with Crippen molar-refractivity contribution in [3.63, 3.8) is 0 Å². The van der Waals surface area contributed by atoms with Gasteiger partial charge in [0.2, 0.25) is 17.7 Å². The molecule has 0 bridgehead atoms. The first-order valence-electron chi connectivity index (χ1n) is 8.43. The minimum absolute atomic E-state index is 0.0272. The van der Waals surface area contributed by atoms with E-state index < -0.39 is 0 Å². The Labute approximate surface area is 146 Å². The minimum atomic E-state index is 0.0272. The Kier molecular flexibility index (Phi) is 4.06. The number of benzene rings is 2. The number of carbonyl (C=O) groups excluding carboxylic acids is 1. The van der Waals surface area contributed by atoms with Gasteiger partial charge < -0.3 is 9.32 Å². The van der Waals surface area contributed by atoms with E-state index in [0.29, 0.717) is 18.3 Å². The van der Waals surface area contributed by atoms with Gasteiger partial charge in [0.05, 0.1) is 0 Å². The molecule has 0 saturated carbocycles. The summed E-state index contributed by atoms with van der Waals surface area (Å²) in [5.74, 6) is 0.894. The van der Waals surface area contributed by atoms with Gasteiger partial charge in [-0.3, -0.25) is 4.79 Å². The fraction of sp³-hybridized carbons (Fsp3) is 0.250. The number of carbonyl (C=O) groups is 1. The molecule has 2 aromatic carbocycles. The van der Waals surface area contributed by atoms with E-state index in [4.69, 9.17) is 4.42 Å². The molecule has 5 nitrogen and oxygen atoms in total. The smallest absolute Gasteiger partial charge is 0.232 e. The number of aromatic nitrogens is 2. The summed E-state index contributed by atoms with van der Waals surface area (Å²) in [6.07, 6.45) is 1.04. The molecule has 0 fully saturated rings.